The normalized spacial score (nSPS) is 16.2. The van der Waals surface area contributed by atoms with Crippen molar-refractivity contribution in [3.8, 4) is 34.8 Å². The quantitative estimate of drug-likeness (QED) is 0.111. The molecular weight excluding hydrogens is 857 g/mol. The van der Waals surface area contributed by atoms with Crippen LogP contribution in [0.15, 0.2) is 113 Å². The molecule has 340 valence electrons. The van der Waals surface area contributed by atoms with Crippen molar-refractivity contribution in [3.63, 3.8) is 0 Å². The summed E-state index contributed by atoms with van der Waals surface area (Å²) in [6.45, 7) is 0.628. The van der Waals surface area contributed by atoms with Crippen molar-refractivity contribution in [1.29, 1.82) is 0 Å². The van der Waals surface area contributed by atoms with Crippen LogP contribution in [-0.2, 0) is 30.8 Å². The monoisotopic (exact) mass is 902 g/mol. The van der Waals surface area contributed by atoms with Gasteiger partial charge in [0.15, 0.2) is 23.0 Å². The molecule has 5 heterocycles. The summed E-state index contributed by atoms with van der Waals surface area (Å²) in [5.41, 5.74) is 8.03. The van der Waals surface area contributed by atoms with Crippen molar-refractivity contribution in [2.45, 2.75) is 51.0 Å². The highest BCUT2D eigenvalue weighted by Gasteiger charge is 2.38. The van der Waals surface area contributed by atoms with Crippen molar-refractivity contribution in [2.75, 3.05) is 42.5 Å². The zero-order chi connectivity index (χ0) is 46.3. The summed E-state index contributed by atoms with van der Waals surface area (Å²) in [5.74, 6) is -0.222. The first-order valence-corrected chi connectivity index (χ1v) is 21.8. The number of carbonyl (C=O) groups excluding carboxylic acids is 3. The minimum atomic E-state index is -0.636. The Morgan fingerprint density at radius 2 is 1.16 bits per heavy atom. The third kappa shape index (κ3) is 8.11. The molecule has 10 rings (SSSR count). The average Bonchev–Trinajstić information content (AvgIpc) is 3.96. The zero-order valence-corrected chi connectivity index (χ0v) is 36.9. The van der Waals surface area contributed by atoms with Gasteiger partial charge in [0.05, 0.1) is 48.8 Å². The number of ether oxygens (including phenoxy) is 4. The largest absolute Gasteiger partial charge is 0.493 e. The van der Waals surface area contributed by atoms with Crippen LogP contribution in [0, 0.1) is 0 Å². The molecule has 0 saturated heterocycles. The molecule has 6 aromatic rings. The van der Waals surface area contributed by atoms with Crippen LogP contribution in [-0.4, -0.2) is 85.1 Å². The van der Waals surface area contributed by atoms with Crippen molar-refractivity contribution in [3.05, 3.63) is 137 Å². The highest BCUT2D eigenvalue weighted by molar-refractivity contribution is 6.16. The Kier molecular flexibility index (Phi) is 11.2. The fourth-order valence-electron chi connectivity index (χ4n) is 9.06. The van der Waals surface area contributed by atoms with Gasteiger partial charge in [-0.15, -0.1) is 4.73 Å². The molecule has 0 fully saturated rings. The van der Waals surface area contributed by atoms with Crippen LogP contribution in [0.25, 0.3) is 0 Å². The number of aromatic hydroxyl groups is 2. The molecular formula is C51H46N6O10. The van der Waals surface area contributed by atoms with Gasteiger partial charge < -0.3 is 38.9 Å². The van der Waals surface area contributed by atoms with Gasteiger partial charge in [-0.05, 0) is 71.1 Å². The molecule has 0 bridgehead atoms. The molecule has 5 aromatic carbocycles. The van der Waals surface area contributed by atoms with Crippen molar-refractivity contribution in [2.24, 2.45) is 9.98 Å². The van der Waals surface area contributed by atoms with E-state index in [0.717, 1.165) is 39.3 Å². The zero-order valence-electron chi connectivity index (χ0n) is 36.9. The van der Waals surface area contributed by atoms with Crippen LogP contribution in [0.4, 0.5) is 28.4 Å². The van der Waals surface area contributed by atoms with Crippen LogP contribution < -0.4 is 38.5 Å². The lowest BCUT2D eigenvalue weighted by atomic mass is 10.1. The van der Waals surface area contributed by atoms with Gasteiger partial charge in [-0.2, -0.15) is 0 Å². The van der Waals surface area contributed by atoms with Gasteiger partial charge >= 0.3 is 5.97 Å². The van der Waals surface area contributed by atoms with Gasteiger partial charge in [-0.1, -0.05) is 36.4 Å². The second-order valence-electron chi connectivity index (χ2n) is 16.7. The van der Waals surface area contributed by atoms with E-state index in [2.05, 4.69) is 0 Å². The van der Waals surface area contributed by atoms with Gasteiger partial charge in [0.2, 0.25) is 11.8 Å². The third-order valence-corrected chi connectivity index (χ3v) is 12.4. The minimum Gasteiger partial charge on any atom is -0.493 e. The molecule has 67 heavy (non-hydrogen) atoms. The molecule has 16 nitrogen and oxygen atoms in total. The SMILES string of the molecule is COc1cc2c(cc1OCc1cc(COc3cc4c(cc3OC)C(=O)N3c5ccccc5C[C@H]3C=N4)cc(N(C)CCCC(=O)On3c(O)ccc3O)c1)N=C[C@@H]1Cc3ccccc3N1C2=O. The Balaban J connectivity index is 0.900. The van der Waals surface area contributed by atoms with Crippen molar-refractivity contribution in [1.82, 2.24) is 4.73 Å². The lowest BCUT2D eigenvalue weighted by molar-refractivity contribution is -0.145. The standard InChI is InChI=1S/C51H46N6O10/c1-54(16-8-13-49(60)67-57-47(58)14-15-48(57)59)34-18-30(28-65-45-24-39-37(22-43(45)63-2)50(61)55-35(26-52-39)20-32-9-4-6-11-41(32)55)17-31(19-34)29-66-46-25-40-38(23-44(46)64-3)51(62)56-36(27-53-40)21-33-10-5-7-12-42(33)56/h4-7,9-12,14-15,17-19,22-27,35-36,58-59H,8,13,16,20-21,28-29H2,1-3H3/t35-,36-/m0/s1. The smallest absolute Gasteiger partial charge is 0.333 e. The number of para-hydroxylation sites is 2. The predicted octanol–water partition coefficient (Wildman–Crippen LogP) is 7.52. The number of amides is 2. The molecule has 2 N–H and O–H groups in total. The highest BCUT2D eigenvalue weighted by atomic mass is 16.7. The predicted molar refractivity (Wildman–Crippen MR) is 251 cm³/mol. The van der Waals surface area contributed by atoms with Crippen molar-refractivity contribution >= 4 is 58.6 Å². The fourth-order valence-corrected chi connectivity index (χ4v) is 9.06. The number of carbonyl (C=O) groups is 3. The maximum atomic E-state index is 14.0. The molecule has 0 saturated carbocycles. The summed E-state index contributed by atoms with van der Waals surface area (Å²) in [6, 6.07) is 30.5. The van der Waals surface area contributed by atoms with E-state index in [4.69, 9.17) is 33.8 Å². The number of benzene rings is 5. The topological polar surface area (TPSA) is 177 Å². The lowest BCUT2D eigenvalue weighted by Crippen LogP contribution is -2.37. The number of aliphatic imine (C=N–C) groups is 2. The summed E-state index contributed by atoms with van der Waals surface area (Å²) in [6.07, 6.45) is 5.35. The Morgan fingerprint density at radius 3 is 1.66 bits per heavy atom. The maximum absolute atomic E-state index is 14.0. The molecule has 4 aliphatic heterocycles. The Labute approximate surface area is 385 Å². The Bertz CT molecular complexity index is 2840. The van der Waals surface area contributed by atoms with E-state index in [-0.39, 0.29) is 43.5 Å². The first kappa shape index (κ1) is 42.7. The van der Waals surface area contributed by atoms with Crippen molar-refractivity contribution < 1.29 is 48.4 Å². The van der Waals surface area contributed by atoms with Crippen LogP contribution >= 0.6 is 0 Å². The van der Waals surface area contributed by atoms with Crippen LogP contribution in [0.2, 0.25) is 0 Å². The van der Waals surface area contributed by atoms with Gasteiger partial charge in [-0.25, -0.2) is 4.79 Å². The molecule has 4 aliphatic rings. The summed E-state index contributed by atoms with van der Waals surface area (Å²) in [5, 5.41) is 19.8. The summed E-state index contributed by atoms with van der Waals surface area (Å²) in [7, 11) is 4.94. The number of aromatic nitrogens is 1. The summed E-state index contributed by atoms with van der Waals surface area (Å²) in [4.78, 5) is 60.9. The molecule has 0 aliphatic carbocycles. The molecule has 2 amide bonds. The van der Waals surface area contributed by atoms with Gasteiger partial charge in [0.25, 0.3) is 11.8 Å². The lowest BCUT2D eigenvalue weighted by Gasteiger charge is -2.23. The average molecular weight is 903 g/mol. The van der Waals surface area contributed by atoms with E-state index >= 15 is 0 Å². The number of nitrogens with zero attached hydrogens (tertiary/aromatic N) is 6. The van der Waals surface area contributed by atoms with E-state index in [9.17, 15) is 24.6 Å². The van der Waals surface area contributed by atoms with E-state index in [1.807, 2.05) is 91.1 Å². The second kappa shape index (κ2) is 17.6. The third-order valence-electron chi connectivity index (χ3n) is 12.4. The van der Waals surface area contributed by atoms with Gasteiger partial charge in [0.1, 0.15) is 13.2 Å². The number of anilines is 3. The summed E-state index contributed by atoms with van der Waals surface area (Å²) >= 11 is 0. The van der Waals surface area contributed by atoms with E-state index in [1.54, 1.807) is 34.1 Å². The summed E-state index contributed by atoms with van der Waals surface area (Å²) < 4.78 is 25.1. The Hall–Kier alpha value is -8.27. The maximum Gasteiger partial charge on any atom is 0.333 e. The molecule has 0 spiro atoms. The van der Waals surface area contributed by atoms with Crippen LogP contribution in [0.5, 0.6) is 34.8 Å². The van der Waals surface area contributed by atoms with Crippen LogP contribution in [0.1, 0.15) is 55.8 Å². The van der Waals surface area contributed by atoms with Gasteiger partial charge in [0, 0.05) is 86.6 Å². The number of hydrogen-bond donors (Lipinski definition) is 2. The molecule has 16 heteroatoms. The van der Waals surface area contributed by atoms with E-state index < -0.39 is 17.7 Å². The van der Waals surface area contributed by atoms with E-state index in [1.165, 1.54) is 26.4 Å². The first-order valence-electron chi connectivity index (χ1n) is 21.8. The minimum absolute atomic E-state index is 0.00240. The molecule has 1 aromatic heterocycles. The number of rotatable bonds is 14. The van der Waals surface area contributed by atoms with Gasteiger partial charge in [-0.3, -0.25) is 29.4 Å². The fraction of sp³-hybridized carbons (Fsp3) is 0.235. The molecule has 0 unspecified atom stereocenters. The number of fused-ring (bicyclic) bond motifs is 8. The first-order chi connectivity index (χ1) is 32.6. The molecule has 0 radical (unpaired) electrons. The van der Waals surface area contributed by atoms with E-state index in [0.29, 0.717) is 76.0 Å². The van der Waals surface area contributed by atoms with Crippen LogP contribution in [0.3, 0.4) is 0 Å². The highest BCUT2D eigenvalue weighted by Crippen LogP contribution is 2.43. The molecule has 2 atom stereocenters. The Morgan fingerprint density at radius 1 is 0.672 bits per heavy atom. The second-order valence-corrected chi connectivity index (χ2v) is 16.7. The number of methoxy groups -OCH3 is 2. The number of hydrogen-bond acceptors (Lipinski definition) is 13.